The molecule has 2 nitrogen and oxygen atoms in total. The number of hydrogen-bond acceptors (Lipinski definition) is 2. The minimum absolute atomic E-state index is 0.243. The van der Waals surface area contributed by atoms with Crippen molar-refractivity contribution in [3.63, 3.8) is 0 Å². The molecule has 0 aliphatic rings. The molecule has 0 radical (unpaired) electrons. The smallest absolute Gasteiger partial charge is 0.118 e. The Bertz CT molecular complexity index is 329. The first-order chi connectivity index (χ1) is 8.51. The molecular weight excluding hydrogens is 224 g/mol. The maximum Gasteiger partial charge on any atom is 0.118 e. The summed E-state index contributed by atoms with van der Waals surface area (Å²) in [6.45, 7) is 6.68. The predicted octanol–water partition coefficient (Wildman–Crippen LogP) is 3.67. The second kappa shape index (κ2) is 7.42. The maximum absolute atomic E-state index is 10.1. The van der Waals surface area contributed by atoms with Crippen LogP contribution < -0.4 is 4.74 Å². The summed E-state index contributed by atoms with van der Waals surface area (Å²) in [7, 11) is 1.66. The Balaban J connectivity index is 2.41. The average molecular weight is 250 g/mol. The van der Waals surface area contributed by atoms with Crippen molar-refractivity contribution in [1.29, 1.82) is 0 Å². The first-order valence-electron chi connectivity index (χ1n) is 6.82. The van der Waals surface area contributed by atoms with Gasteiger partial charge in [-0.25, -0.2) is 0 Å². The van der Waals surface area contributed by atoms with E-state index >= 15 is 0 Å². The van der Waals surface area contributed by atoms with Crippen LogP contribution in [-0.2, 0) is 6.42 Å². The van der Waals surface area contributed by atoms with Gasteiger partial charge in [0.2, 0.25) is 0 Å². The van der Waals surface area contributed by atoms with Crippen molar-refractivity contribution in [2.75, 3.05) is 7.11 Å². The standard InChI is InChI=1S/C16H26O2/c1-12(2)9-13(3)10-15(17)11-14-5-7-16(18-4)8-6-14/h5-8,12-13,15,17H,9-11H2,1-4H3. The fourth-order valence-electron chi connectivity index (χ4n) is 2.48. The van der Waals surface area contributed by atoms with Crippen LogP contribution in [-0.4, -0.2) is 18.3 Å². The lowest BCUT2D eigenvalue weighted by Crippen LogP contribution is -2.15. The molecule has 0 bridgehead atoms. The van der Waals surface area contributed by atoms with Gasteiger partial charge in [0.15, 0.2) is 0 Å². The lowest BCUT2D eigenvalue weighted by Gasteiger charge is -2.18. The van der Waals surface area contributed by atoms with Crippen molar-refractivity contribution >= 4 is 0 Å². The van der Waals surface area contributed by atoms with E-state index in [0.29, 0.717) is 11.8 Å². The van der Waals surface area contributed by atoms with Gasteiger partial charge in [-0.05, 0) is 48.8 Å². The van der Waals surface area contributed by atoms with Crippen LogP contribution in [0, 0.1) is 11.8 Å². The number of rotatable bonds is 7. The molecule has 18 heavy (non-hydrogen) atoms. The molecule has 0 spiro atoms. The van der Waals surface area contributed by atoms with Gasteiger partial charge in [-0.15, -0.1) is 0 Å². The van der Waals surface area contributed by atoms with Gasteiger partial charge in [-0.2, -0.15) is 0 Å². The van der Waals surface area contributed by atoms with Gasteiger partial charge in [-0.3, -0.25) is 0 Å². The lowest BCUT2D eigenvalue weighted by atomic mass is 9.91. The summed E-state index contributed by atoms with van der Waals surface area (Å²) in [4.78, 5) is 0. The zero-order chi connectivity index (χ0) is 13.5. The van der Waals surface area contributed by atoms with Crippen LogP contribution in [0.4, 0.5) is 0 Å². The van der Waals surface area contributed by atoms with E-state index in [0.717, 1.165) is 18.6 Å². The molecule has 1 rings (SSSR count). The Labute approximate surface area is 111 Å². The highest BCUT2D eigenvalue weighted by atomic mass is 16.5. The molecule has 0 aromatic heterocycles. The Hall–Kier alpha value is -1.02. The van der Waals surface area contributed by atoms with Crippen LogP contribution in [0.2, 0.25) is 0 Å². The molecule has 0 amide bonds. The first-order valence-corrected chi connectivity index (χ1v) is 6.82. The molecule has 0 aliphatic carbocycles. The molecule has 2 heteroatoms. The largest absolute Gasteiger partial charge is 0.497 e. The van der Waals surface area contributed by atoms with Crippen molar-refractivity contribution in [2.24, 2.45) is 11.8 Å². The Morgan fingerprint density at radius 1 is 1.06 bits per heavy atom. The number of benzene rings is 1. The van der Waals surface area contributed by atoms with Crippen molar-refractivity contribution in [3.05, 3.63) is 29.8 Å². The summed E-state index contributed by atoms with van der Waals surface area (Å²) < 4.78 is 5.12. The fraction of sp³-hybridized carbons (Fsp3) is 0.625. The van der Waals surface area contributed by atoms with E-state index in [1.54, 1.807) is 7.11 Å². The average Bonchev–Trinajstić information content (AvgIpc) is 2.28. The number of aliphatic hydroxyl groups is 1. The van der Waals surface area contributed by atoms with E-state index in [9.17, 15) is 5.11 Å². The monoisotopic (exact) mass is 250 g/mol. The summed E-state index contributed by atoms with van der Waals surface area (Å²) in [5.74, 6) is 2.15. The van der Waals surface area contributed by atoms with Crippen LogP contribution in [0.25, 0.3) is 0 Å². The quantitative estimate of drug-likeness (QED) is 0.800. The number of hydrogen-bond donors (Lipinski definition) is 1. The Morgan fingerprint density at radius 2 is 1.67 bits per heavy atom. The Kier molecular flexibility index (Phi) is 6.20. The van der Waals surface area contributed by atoms with E-state index in [1.165, 1.54) is 12.0 Å². The molecule has 1 aromatic rings. The molecule has 0 heterocycles. The summed E-state index contributed by atoms with van der Waals surface area (Å²) in [5, 5.41) is 10.1. The second-order valence-electron chi connectivity index (χ2n) is 5.68. The molecular formula is C16H26O2. The molecule has 0 saturated heterocycles. The number of aliphatic hydroxyl groups excluding tert-OH is 1. The van der Waals surface area contributed by atoms with Gasteiger partial charge in [0.05, 0.1) is 13.2 Å². The predicted molar refractivity (Wildman–Crippen MR) is 75.9 cm³/mol. The zero-order valence-corrected chi connectivity index (χ0v) is 12.0. The normalized spacial score (nSPS) is 14.6. The molecule has 2 unspecified atom stereocenters. The third-order valence-electron chi connectivity index (χ3n) is 3.18. The zero-order valence-electron chi connectivity index (χ0n) is 12.0. The van der Waals surface area contributed by atoms with Gasteiger partial charge < -0.3 is 9.84 Å². The number of ether oxygens (including phenoxy) is 1. The summed E-state index contributed by atoms with van der Waals surface area (Å²) in [6, 6.07) is 7.93. The Morgan fingerprint density at radius 3 is 2.17 bits per heavy atom. The third kappa shape index (κ3) is 5.54. The summed E-state index contributed by atoms with van der Waals surface area (Å²) in [6.07, 6.45) is 2.54. The first kappa shape index (κ1) is 15.0. The molecule has 0 saturated carbocycles. The summed E-state index contributed by atoms with van der Waals surface area (Å²) in [5.41, 5.74) is 1.17. The summed E-state index contributed by atoms with van der Waals surface area (Å²) >= 11 is 0. The van der Waals surface area contributed by atoms with Crippen LogP contribution in [0.1, 0.15) is 39.2 Å². The van der Waals surface area contributed by atoms with Crippen molar-refractivity contribution < 1.29 is 9.84 Å². The van der Waals surface area contributed by atoms with E-state index < -0.39 is 0 Å². The van der Waals surface area contributed by atoms with Gasteiger partial charge in [0, 0.05) is 0 Å². The highest BCUT2D eigenvalue weighted by molar-refractivity contribution is 5.27. The molecule has 1 N–H and O–H groups in total. The lowest BCUT2D eigenvalue weighted by molar-refractivity contribution is 0.140. The minimum Gasteiger partial charge on any atom is -0.497 e. The van der Waals surface area contributed by atoms with Gasteiger partial charge in [0.25, 0.3) is 0 Å². The topological polar surface area (TPSA) is 29.5 Å². The van der Waals surface area contributed by atoms with Crippen molar-refractivity contribution in [3.8, 4) is 5.75 Å². The van der Waals surface area contributed by atoms with E-state index in [4.69, 9.17) is 4.74 Å². The molecule has 0 fully saturated rings. The highest BCUT2D eigenvalue weighted by Crippen LogP contribution is 2.19. The fourth-order valence-corrected chi connectivity index (χ4v) is 2.48. The number of methoxy groups -OCH3 is 1. The third-order valence-corrected chi connectivity index (χ3v) is 3.18. The van der Waals surface area contributed by atoms with Crippen molar-refractivity contribution in [1.82, 2.24) is 0 Å². The van der Waals surface area contributed by atoms with Crippen molar-refractivity contribution in [2.45, 2.75) is 46.1 Å². The highest BCUT2D eigenvalue weighted by Gasteiger charge is 2.12. The second-order valence-corrected chi connectivity index (χ2v) is 5.68. The molecule has 1 aromatic carbocycles. The maximum atomic E-state index is 10.1. The SMILES string of the molecule is COc1ccc(CC(O)CC(C)CC(C)C)cc1. The van der Waals surface area contributed by atoms with Gasteiger partial charge in [-0.1, -0.05) is 32.9 Å². The molecule has 102 valence electrons. The van der Waals surface area contributed by atoms with E-state index in [-0.39, 0.29) is 6.10 Å². The minimum atomic E-state index is -0.243. The van der Waals surface area contributed by atoms with Crippen LogP contribution >= 0.6 is 0 Å². The molecule has 0 aliphatic heterocycles. The van der Waals surface area contributed by atoms with Crippen LogP contribution in [0.15, 0.2) is 24.3 Å². The van der Waals surface area contributed by atoms with Gasteiger partial charge >= 0.3 is 0 Å². The van der Waals surface area contributed by atoms with Crippen LogP contribution in [0.5, 0.6) is 5.75 Å². The van der Waals surface area contributed by atoms with Gasteiger partial charge in [0.1, 0.15) is 5.75 Å². The van der Waals surface area contributed by atoms with E-state index in [1.807, 2.05) is 24.3 Å². The molecule has 2 atom stereocenters. The van der Waals surface area contributed by atoms with E-state index in [2.05, 4.69) is 20.8 Å². The van der Waals surface area contributed by atoms with Crippen LogP contribution in [0.3, 0.4) is 0 Å².